The van der Waals surface area contributed by atoms with E-state index in [9.17, 15) is 9.59 Å². The molecule has 0 atom stereocenters. The smallest absolute Gasteiger partial charge is 0.257 e. The summed E-state index contributed by atoms with van der Waals surface area (Å²) in [6, 6.07) is 11.1. The summed E-state index contributed by atoms with van der Waals surface area (Å²) in [5.41, 5.74) is 3.96. The highest BCUT2D eigenvalue weighted by Crippen LogP contribution is 2.33. The quantitative estimate of drug-likeness (QED) is 0.397. The lowest BCUT2D eigenvalue weighted by molar-refractivity contribution is 0.0956. The zero-order chi connectivity index (χ0) is 25.4. The van der Waals surface area contributed by atoms with E-state index in [1.165, 1.54) is 0 Å². The van der Waals surface area contributed by atoms with Gasteiger partial charge in [-0.25, -0.2) is 9.97 Å². The number of fused-ring (bicyclic) bond motifs is 2. The molecular weight excluding hydrogens is 470 g/mol. The molecule has 0 unspecified atom stereocenters. The summed E-state index contributed by atoms with van der Waals surface area (Å²) in [5.74, 6) is 1.03. The second kappa shape index (κ2) is 9.55. The van der Waals surface area contributed by atoms with E-state index in [4.69, 9.17) is 4.74 Å². The van der Waals surface area contributed by atoms with Gasteiger partial charge in [0.25, 0.3) is 11.8 Å². The van der Waals surface area contributed by atoms with E-state index >= 15 is 0 Å². The highest BCUT2D eigenvalue weighted by Gasteiger charge is 2.19. The fourth-order valence-electron chi connectivity index (χ4n) is 4.67. The van der Waals surface area contributed by atoms with Crippen LogP contribution in [0.25, 0.3) is 22.2 Å². The number of carbonyl (C=O) groups excluding carboxylic acids is 2. The highest BCUT2D eigenvalue weighted by atomic mass is 16.5. The number of pyridine rings is 2. The number of hydrogen-bond acceptors (Lipinski definition) is 7. The van der Waals surface area contributed by atoms with Gasteiger partial charge in [0.05, 0.1) is 29.6 Å². The van der Waals surface area contributed by atoms with Crippen molar-refractivity contribution in [1.82, 2.24) is 25.2 Å². The maximum atomic E-state index is 13.0. The summed E-state index contributed by atoms with van der Waals surface area (Å²) in [6.07, 6.45) is 5.08. The molecule has 0 saturated carbocycles. The molecule has 0 radical (unpaired) electrons. The standard InChI is InChI=1S/C27H27N7O3/c1-33-7-9-34(10-8-33)24-5-3-19(15-29-24)32-26(35)18-12-21-22(16-31-25(21)30-14-18)17-2-4-20-23(13-17)37-11-6-28-27(20)36/h2-5,12-16H,6-11H2,1H3,(H,28,36)(H,30,31)(H,32,35). The predicted octanol–water partition coefficient (Wildman–Crippen LogP) is 2.75. The molecule has 1 aromatic carbocycles. The van der Waals surface area contributed by atoms with Gasteiger partial charge in [0.1, 0.15) is 23.8 Å². The minimum absolute atomic E-state index is 0.148. The molecule has 10 heteroatoms. The van der Waals surface area contributed by atoms with E-state index in [-0.39, 0.29) is 11.8 Å². The fraction of sp³-hybridized carbons (Fsp3) is 0.259. The molecular formula is C27H27N7O3. The number of nitrogens with zero attached hydrogens (tertiary/aromatic N) is 4. The molecule has 37 heavy (non-hydrogen) atoms. The molecule has 1 saturated heterocycles. The summed E-state index contributed by atoms with van der Waals surface area (Å²) in [4.78, 5) is 42.0. The van der Waals surface area contributed by atoms with Crippen LogP contribution in [0.3, 0.4) is 0 Å². The monoisotopic (exact) mass is 497 g/mol. The summed E-state index contributed by atoms with van der Waals surface area (Å²) in [6.45, 7) is 4.75. The number of aromatic amines is 1. The van der Waals surface area contributed by atoms with Gasteiger partial charge in [-0.15, -0.1) is 0 Å². The maximum Gasteiger partial charge on any atom is 0.257 e. The number of aromatic nitrogens is 3. The molecule has 3 aromatic heterocycles. The van der Waals surface area contributed by atoms with Crippen LogP contribution in [-0.2, 0) is 0 Å². The summed E-state index contributed by atoms with van der Waals surface area (Å²) >= 11 is 0. The Labute approximate surface area is 213 Å². The van der Waals surface area contributed by atoms with Gasteiger partial charge >= 0.3 is 0 Å². The molecule has 2 aliphatic rings. The Hall–Kier alpha value is -4.44. The number of hydrogen-bond donors (Lipinski definition) is 3. The second-order valence-electron chi connectivity index (χ2n) is 9.29. The van der Waals surface area contributed by atoms with E-state index < -0.39 is 0 Å². The van der Waals surface area contributed by atoms with Crippen molar-refractivity contribution in [2.75, 3.05) is 56.6 Å². The molecule has 3 N–H and O–H groups in total. The van der Waals surface area contributed by atoms with Crippen LogP contribution in [0.15, 0.2) is 55.0 Å². The number of anilines is 2. The molecule has 2 aliphatic heterocycles. The molecule has 2 amide bonds. The Morgan fingerprint density at radius 1 is 1.03 bits per heavy atom. The van der Waals surface area contributed by atoms with E-state index in [0.29, 0.717) is 41.4 Å². The third-order valence-electron chi connectivity index (χ3n) is 6.81. The Balaban J connectivity index is 1.22. The van der Waals surface area contributed by atoms with Gasteiger partial charge in [-0.1, -0.05) is 6.07 Å². The molecule has 6 rings (SSSR count). The number of nitrogens with one attached hydrogen (secondary N) is 3. The van der Waals surface area contributed by atoms with Gasteiger partial charge in [-0.3, -0.25) is 9.59 Å². The topological polar surface area (TPSA) is 115 Å². The normalized spacial score (nSPS) is 16.0. The average Bonchev–Trinajstić information content (AvgIpc) is 3.26. The molecule has 0 bridgehead atoms. The number of carbonyl (C=O) groups is 2. The van der Waals surface area contributed by atoms with Crippen LogP contribution in [-0.4, -0.2) is 78.0 Å². The molecule has 5 heterocycles. The Bertz CT molecular complexity index is 1470. The predicted molar refractivity (Wildman–Crippen MR) is 141 cm³/mol. The van der Waals surface area contributed by atoms with E-state index in [1.807, 2.05) is 36.5 Å². The minimum atomic E-state index is -0.266. The SMILES string of the molecule is CN1CCN(c2ccc(NC(=O)c3cnc4[nH]cc(-c5ccc6c(c5)OCCNC6=O)c4c3)cn2)CC1. The van der Waals surface area contributed by atoms with Gasteiger partial charge in [0.15, 0.2) is 0 Å². The van der Waals surface area contributed by atoms with Gasteiger partial charge in [-0.2, -0.15) is 0 Å². The molecule has 1 fully saturated rings. The van der Waals surface area contributed by atoms with Crippen LogP contribution in [0.2, 0.25) is 0 Å². The van der Waals surface area contributed by atoms with E-state index in [1.54, 1.807) is 18.5 Å². The van der Waals surface area contributed by atoms with Crippen LogP contribution >= 0.6 is 0 Å². The zero-order valence-corrected chi connectivity index (χ0v) is 20.5. The fourth-order valence-corrected chi connectivity index (χ4v) is 4.67. The number of H-pyrrole nitrogens is 1. The molecule has 4 aromatic rings. The number of rotatable bonds is 4. The zero-order valence-electron chi connectivity index (χ0n) is 20.5. The van der Waals surface area contributed by atoms with Gasteiger partial charge in [-0.05, 0) is 42.9 Å². The Morgan fingerprint density at radius 3 is 2.70 bits per heavy atom. The van der Waals surface area contributed by atoms with Gasteiger partial charge in [0, 0.05) is 49.5 Å². The lowest BCUT2D eigenvalue weighted by atomic mass is 10.0. The Morgan fingerprint density at radius 2 is 1.89 bits per heavy atom. The molecule has 10 nitrogen and oxygen atoms in total. The first-order chi connectivity index (χ1) is 18.0. The molecule has 0 spiro atoms. The van der Waals surface area contributed by atoms with Crippen molar-refractivity contribution >= 4 is 34.4 Å². The van der Waals surface area contributed by atoms with Crippen LogP contribution in [0.4, 0.5) is 11.5 Å². The lowest BCUT2D eigenvalue weighted by Gasteiger charge is -2.33. The van der Waals surface area contributed by atoms with Crippen molar-refractivity contribution in [2.24, 2.45) is 0 Å². The van der Waals surface area contributed by atoms with Crippen molar-refractivity contribution in [3.05, 3.63) is 66.1 Å². The van der Waals surface area contributed by atoms with Crippen molar-refractivity contribution in [3.8, 4) is 16.9 Å². The van der Waals surface area contributed by atoms with Crippen molar-refractivity contribution < 1.29 is 14.3 Å². The van der Waals surface area contributed by atoms with Gasteiger partial charge < -0.3 is 30.2 Å². The molecule has 188 valence electrons. The number of piperazine rings is 1. The largest absolute Gasteiger partial charge is 0.491 e. The minimum Gasteiger partial charge on any atom is -0.491 e. The van der Waals surface area contributed by atoms with E-state index in [0.717, 1.165) is 48.5 Å². The van der Waals surface area contributed by atoms with Gasteiger partial charge in [0.2, 0.25) is 0 Å². The third-order valence-corrected chi connectivity index (χ3v) is 6.81. The van der Waals surface area contributed by atoms with Crippen LogP contribution in [0.5, 0.6) is 5.75 Å². The Kier molecular flexibility index (Phi) is 5.93. The first-order valence-electron chi connectivity index (χ1n) is 12.3. The average molecular weight is 498 g/mol. The summed E-state index contributed by atoms with van der Waals surface area (Å²) in [7, 11) is 2.12. The highest BCUT2D eigenvalue weighted by molar-refractivity contribution is 6.07. The number of benzene rings is 1. The van der Waals surface area contributed by atoms with Crippen molar-refractivity contribution in [3.63, 3.8) is 0 Å². The number of ether oxygens (including phenoxy) is 1. The second-order valence-corrected chi connectivity index (χ2v) is 9.29. The lowest BCUT2D eigenvalue weighted by Crippen LogP contribution is -2.44. The van der Waals surface area contributed by atoms with Crippen molar-refractivity contribution in [2.45, 2.75) is 0 Å². The van der Waals surface area contributed by atoms with E-state index in [2.05, 4.69) is 42.4 Å². The van der Waals surface area contributed by atoms with Crippen LogP contribution in [0, 0.1) is 0 Å². The maximum absolute atomic E-state index is 13.0. The number of amides is 2. The van der Waals surface area contributed by atoms with Crippen LogP contribution in [0.1, 0.15) is 20.7 Å². The summed E-state index contributed by atoms with van der Waals surface area (Å²) in [5, 5.41) is 6.53. The first kappa shape index (κ1) is 23.0. The molecule has 0 aliphatic carbocycles. The summed E-state index contributed by atoms with van der Waals surface area (Å²) < 4.78 is 5.77. The first-order valence-corrected chi connectivity index (χ1v) is 12.3. The van der Waals surface area contributed by atoms with Crippen molar-refractivity contribution in [1.29, 1.82) is 0 Å². The number of likely N-dealkylation sites (N-methyl/N-ethyl adjacent to an activating group) is 1. The third kappa shape index (κ3) is 4.58. The van der Waals surface area contributed by atoms with Crippen LogP contribution < -0.4 is 20.3 Å².